The summed E-state index contributed by atoms with van der Waals surface area (Å²) < 4.78 is 0. The van der Waals surface area contributed by atoms with E-state index in [0.717, 1.165) is 12.8 Å². The fraction of sp³-hybridized carbons (Fsp3) is 0.500. The van der Waals surface area contributed by atoms with Crippen molar-refractivity contribution in [2.75, 3.05) is 7.05 Å². The maximum atomic E-state index is 12.4. The number of aromatic amines is 1. The van der Waals surface area contributed by atoms with E-state index in [1.807, 2.05) is 12.1 Å². The number of carbonyl (C=O) groups is 1. The molecule has 3 rings (SSSR count). The first-order valence-electron chi connectivity index (χ1n) is 8.54. The molecule has 1 heterocycles. The smallest absolute Gasteiger partial charge is 0.317 e. The Kier molecular flexibility index (Phi) is 4.83. The van der Waals surface area contributed by atoms with Crippen molar-refractivity contribution in [1.29, 1.82) is 0 Å². The SMILES string of the molecule is C[C@@H]1CCCC[C@H]1NC(=O)N(C)Cc1nc2ccccc2c(=O)[nH]1. The van der Waals surface area contributed by atoms with E-state index in [1.54, 1.807) is 24.1 Å². The highest BCUT2D eigenvalue weighted by atomic mass is 16.2. The number of rotatable bonds is 3. The van der Waals surface area contributed by atoms with Gasteiger partial charge in [0, 0.05) is 13.1 Å². The molecule has 24 heavy (non-hydrogen) atoms. The number of aromatic nitrogens is 2. The molecule has 0 saturated heterocycles. The first kappa shape index (κ1) is 16.5. The Morgan fingerprint density at radius 3 is 2.88 bits per heavy atom. The van der Waals surface area contributed by atoms with Crippen LogP contribution in [0.15, 0.2) is 29.1 Å². The number of hydrogen-bond donors (Lipinski definition) is 2. The Labute approximate surface area is 141 Å². The molecule has 1 saturated carbocycles. The maximum Gasteiger partial charge on any atom is 0.317 e. The van der Waals surface area contributed by atoms with Gasteiger partial charge in [0.2, 0.25) is 0 Å². The molecule has 0 radical (unpaired) electrons. The topological polar surface area (TPSA) is 78.1 Å². The van der Waals surface area contributed by atoms with Crippen LogP contribution in [-0.2, 0) is 6.54 Å². The van der Waals surface area contributed by atoms with Gasteiger partial charge in [-0.25, -0.2) is 9.78 Å². The number of nitrogens with one attached hydrogen (secondary N) is 2. The van der Waals surface area contributed by atoms with Gasteiger partial charge in [-0.3, -0.25) is 4.79 Å². The lowest BCUT2D eigenvalue weighted by Crippen LogP contribution is -2.46. The summed E-state index contributed by atoms with van der Waals surface area (Å²) in [5, 5.41) is 3.67. The average molecular weight is 328 g/mol. The van der Waals surface area contributed by atoms with E-state index in [0.29, 0.717) is 22.6 Å². The standard InChI is InChI=1S/C18H24N4O2/c1-12-7-3-5-9-14(12)20-18(24)22(2)11-16-19-15-10-6-4-8-13(15)17(23)21-16/h4,6,8,10,12,14H,3,5,7,9,11H2,1-2H3,(H,20,24)(H,19,21,23)/t12-,14-/m1/s1. The first-order valence-corrected chi connectivity index (χ1v) is 8.54. The van der Waals surface area contributed by atoms with Crippen molar-refractivity contribution < 1.29 is 4.79 Å². The van der Waals surface area contributed by atoms with Gasteiger partial charge in [0.25, 0.3) is 5.56 Å². The Morgan fingerprint density at radius 2 is 2.08 bits per heavy atom. The summed E-state index contributed by atoms with van der Waals surface area (Å²) in [6.07, 6.45) is 4.60. The Bertz CT molecular complexity index is 786. The molecular formula is C18H24N4O2. The van der Waals surface area contributed by atoms with Crippen LogP contribution >= 0.6 is 0 Å². The number of amides is 2. The van der Waals surface area contributed by atoms with E-state index >= 15 is 0 Å². The summed E-state index contributed by atoms with van der Waals surface area (Å²) in [6.45, 7) is 2.46. The lowest BCUT2D eigenvalue weighted by molar-refractivity contribution is 0.189. The Morgan fingerprint density at radius 1 is 1.33 bits per heavy atom. The lowest BCUT2D eigenvalue weighted by atomic mass is 9.86. The summed E-state index contributed by atoms with van der Waals surface area (Å²) in [5.74, 6) is 1.00. The molecule has 2 amide bonds. The van der Waals surface area contributed by atoms with E-state index in [1.165, 1.54) is 12.8 Å². The monoisotopic (exact) mass is 328 g/mol. The summed E-state index contributed by atoms with van der Waals surface area (Å²) in [7, 11) is 1.72. The molecule has 0 spiro atoms. The van der Waals surface area contributed by atoms with Gasteiger partial charge in [0.05, 0.1) is 17.4 Å². The third-order valence-electron chi connectivity index (χ3n) is 4.82. The predicted molar refractivity (Wildman–Crippen MR) is 93.8 cm³/mol. The summed E-state index contributed by atoms with van der Waals surface area (Å²) in [4.78, 5) is 33.3. The molecular weight excluding hydrogens is 304 g/mol. The molecule has 0 aliphatic heterocycles. The summed E-state index contributed by atoms with van der Waals surface area (Å²) in [6, 6.07) is 7.31. The van der Waals surface area contributed by atoms with Gasteiger partial charge in [-0.05, 0) is 30.9 Å². The minimum atomic E-state index is -0.176. The van der Waals surface area contributed by atoms with Crippen LogP contribution in [0.1, 0.15) is 38.4 Å². The van der Waals surface area contributed by atoms with Crippen LogP contribution in [-0.4, -0.2) is 34.0 Å². The largest absolute Gasteiger partial charge is 0.335 e. The molecule has 1 aromatic carbocycles. The van der Waals surface area contributed by atoms with Crippen LogP contribution < -0.4 is 10.9 Å². The average Bonchev–Trinajstić information content (AvgIpc) is 2.57. The van der Waals surface area contributed by atoms with Crippen molar-refractivity contribution in [1.82, 2.24) is 20.2 Å². The van der Waals surface area contributed by atoms with Crippen LogP contribution in [0.25, 0.3) is 10.9 Å². The van der Waals surface area contributed by atoms with Gasteiger partial charge in [-0.2, -0.15) is 0 Å². The molecule has 1 aromatic heterocycles. The highest BCUT2D eigenvalue weighted by Crippen LogP contribution is 2.23. The number of carbonyl (C=O) groups excluding carboxylic acids is 1. The van der Waals surface area contributed by atoms with Crippen molar-refractivity contribution in [3.63, 3.8) is 0 Å². The summed E-state index contributed by atoms with van der Waals surface area (Å²) in [5.41, 5.74) is 0.469. The fourth-order valence-corrected chi connectivity index (χ4v) is 3.31. The molecule has 0 unspecified atom stereocenters. The number of nitrogens with zero attached hydrogens (tertiary/aromatic N) is 2. The van der Waals surface area contributed by atoms with Crippen molar-refractivity contribution in [2.24, 2.45) is 5.92 Å². The highest BCUT2D eigenvalue weighted by Gasteiger charge is 2.24. The van der Waals surface area contributed by atoms with E-state index in [4.69, 9.17) is 0 Å². The molecule has 0 bridgehead atoms. The van der Waals surface area contributed by atoms with Gasteiger partial charge in [-0.15, -0.1) is 0 Å². The van der Waals surface area contributed by atoms with E-state index in [-0.39, 0.29) is 24.2 Å². The molecule has 2 aromatic rings. The molecule has 2 N–H and O–H groups in total. The Balaban J connectivity index is 1.68. The quantitative estimate of drug-likeness (QED) is 0.909. The first-order chi connectivity index (χ1) is 11.5. The van der Waals surface area contributed by atoms with Crippen LogP contribution in [0, 0.1) is 5.92 Å². The number of urea groups is 1. The lowest BCUT2D eigenvalue weighted by Gasteiger charge is -2.31. The third kappa shape index (κ3) is 3.58. The van der Waals surface area contributed by atoms with Gasteiger partial charge in [0.1, 0.15) is 5.82 Å². The van der Waals surface area contributed by atoms with Gasteiger partial charge in [-0.1, -0.05) is 31.9 Å². The maximum absolute atomic E-state index is 12.4. The van der Waals surface area contributed by atoms with Crippen molar-refractivity contribution in [2.45, 2.75) is 45.2 Å². The number of H-pyrrole nitrogens is 1. The molecule has 1 aliphatic rings. The molecule has 6 heteroatoms. The van der Waals surface area contributed by atoms with E-state index in [9.17, 15) is 9.59 Å². The van der Waals surface area contributed by atoms with E-state index in [2.05, 4.69) is 22.2 Å². The zero-order chi connectivity index (χ0) is 17.1. The molecule has 128 valence electrons. The second-order valence-electron chi connectivity index (χ2n) is 6.70. The minimum Gasteiger partial charge on any atom is -0.335 e. The number of hydrogen-bond acceptors (Lipinski definition) is 3. The zero-order valence-corrected chi connectivity index (χ0v) is 14.2. The Hall–Kier alpha value is -2.37. The van der Waals surface area contributed by atoms with Crippen LogP contribution in [0.2, 0.25) is 0 Å². The molecule has 1 fully saturated rings. The zero-order valence-electron chi connectivity index (χ0n) is 14.2. The van der Waals surface area contributed by atoms with Crippen LogP contribution in [0.4, 0.5) is 4.79 Å². The van der Waals surface area contributed by atoms with Gasteiger partial charge >= 0.3 is 6.03 Å². The second kappa shape index (κ2) is 7.03. The van der Waals surface area contributed by atoms with Crippen molar-refractivity contribution in [3.05, 3.63) is 40.4 Å². The normalized spacial score (nSPS) is 20.8. The van der Waals surface area contributed by atoms with Crippen LogP contribution in [0.5, 0.6) is 0 Å². The van der Waals surface area contributed by atoms with Crippen molar-refractivity contribution >= 4 is 16.9 Å². The molecule has 6 nitrogen and oxygen atoms in total. The van der Waals surface area contributed by atoms with Crippen LogP contribution in [0.3, 0.4) is 0 Å². The second-order valence-corrected chi connectivity index (χ2v) is 6.70. The summed E-state index contributed by atoms with van der Waals surface area (Å²) >= 11 is 0. The van der Waals surface area contributed by atoms with Gasteiger partial charge in [0.15, 0.2) is 0 Å². The molecule has 1 aliphatic carbocycles. The van der Waals surface area contributed by atoms with Gasteiger partial charge < -0.3 is 15.2 Å². The number of benzene rings is 1. The number of fused-ring (bicyclic) bond motifs is 1. The minimum absolute atomic E-state index is 0.121. The highest BCUT2D eigenvalue weighted by molar-refractivity contribution is 5.77. The van der Waals surface area contributed by atoms with Crippen molar-refractivity contribution in [3.8, 4) is 0 Å². The molecule has 2 atom stereocenters. The van der Waals surface area contributed by atoms with E-state index < -0.39 is 0 Å². The third-order valence-corrected chi connectivity index (χ3v) is 4.82. The fourth-order valence-electron chi connectivity index (χ4n) is 3.31. The number of para-hydroxylation sites is 1. The predicted octanol–water partition coefficient (Wildman–Crippen LogP) is 2.64.